The Balaban J connectivity index is 1.67. The predicted octanol–water partition coefficient (Wildman–Crippen LogP) is 2.18. The molecule has 3 heterocycles. The number of carbonyl (C=O) groups excluding carboxylic acids is 1. The van der Waals surface area contributed by atoms with Gasteiger partial charge in [0.2, 0.25) is 0 Å². The minimum atomic E-state index is -0.914. The van der Waals surface area contributed by atoms with Crippen LogP contribution in [-0.4, -0.2) is 47.4 Å². The second kappa shape index (κ2) is 5.78. The van der Waals surface area contributed by atoms with Crippen LogP contribution in [0.2, 0.25) is 0 Å². The summed E-state index contributed by atoms with van der Waals surface area (Å²) in [6.45, 7) is 0.896. The van der Waals surface area contributed by atoms with Gasteiger partial charge in [-0.25, -0.2) is 4.79 Å². The van der Waals surface area contributed by atoms with Crippen molar-refractivity contribution in [2.45, 2.75) is 49.8 Å². The molecule has 0 aromatic heterocycles. The zero-order valence-corrected chi connectivity index (χ0v) is 12.9. The number of nitrogens with zero attached hydrogens (tertiary/aromatic N) is 1. The molecule has 0 saturated carbocycles. The zero-order chi connectivity index (χ0) is 15.9. The van der Waals surface area contributed by atoms with Gasteiger partial charge in [0.15, 0.2) is 12.1 Å². The Bertz CT molecular complexity index is 572. The topological polar surface area (TPSA) is 68.2 Å². The quantitative estimate of drug-likeness (QED) is 0.905. The predicted molar refractivity (Wildman–Crippen MR) is 80.4 cm³/mol. The summed E-state index contributed by atoms with van der Waals surface area (Å²) in [4.78, 5) is 14.1. The van der Waals surface area contributed by atoms with Gasteiger partial charge in [0.1, 0.15) is 6.61 Å². The fraction of sp³-hybridized carbons (Fsp3) is 0.588. The lowest BCUT2D eigenvalue weighted by molar-refractivity contribution is -0.287. The van der Waals surface area contributed by atoms with Crippen LogP contribution >= 0.6 is 0 Å². The number of hydrogen-bond acceptors (Lipinski definition) is 5. The lowest BCUT2D eigenvalue weighted by Gasteiger charge is -2.41. The van der Waals surface area contributed by atoms with Gasteiger partial charge in [0.05, 0.1) is 18.7 Å². The number of rotatable bonds is 2. The van der Waals surface area contributed by atoms with Crippen LogP contribution in [0.3, 0.4) is 0 Å². The number of carbonyl (C=O) groups is 1. The van der Waals surface area contributed by atoms with Gasteiger partial charge in [-0.2, -0.15) is 0 Å². The summed E-state index contributed by atoms with van der Waals surface area (Å²) in [5.41, 5.74) is 1.02. The van der Waals surface area contributed by atoms with E-state index in [0.717, 1.165) is 18.4 Å². The Morgan fingerprint density at radius 1 is 1.22 bits per heavy atom. The van der Waals surface area contributed by atoms with Gasteiger partial charge in [-0.15, -0.1) is 0 Å². The molecule has 3 aliphatic rings. The van der Waals surface area contributed by atoms with Gasteiger partial charge in [0, 0.05) is 12.8 Å². The van der Waals surface area contributed by atoms with Crippen molar-refractivity contribution in [2.75, 3.05) is 13.2 Å². The molecule has 6 heteroatoms. The normalized spacial score (nSPS) is 37.3. The van der Waals surface area contributed by atoms with Crippen molar-refractivity contribution in [1.82, 2.24) is 4.90 Å². The molecule has 4 atom stereocenters. The van der Waals surface area contributed by atoms with Gasteiger partial charge in [-0.1, -0.05) is 30.3 Å². The third-order valence-corrected chi connectivity index (χ3v) is 4.97. The van der Waals surface area contributed by atoms with Crippen LogP contribution in [0.25, 0.3) is 0 Å². The molecule has 1 aromatic carbocycles. The van der Waals surface area contributed by atoms with Crippen LogP contribution in [-0.2, 0) is 14.2 Å². The maximum Gasteiger partial charge on any atom is 0.410 e. The van der Waals surface area contributed by atoms with Gasteiger partial charge in [0.25, 0.3) is 0 Å². The molecule has 0 bridgehead atoms. The molecular weight excluding hydrogens is 298 g/mol. The summed E-state index contributed by atoms with van der Waals surface area (Å²) in [5.74, 6) is -0.909. The van der Waals surface area contributed by atoms with E-state index in [2.05, 4.69) is 0 Å². The van der Waals surface area contributed by atoms with Crippen molar-refractivity contribution in [2.24, 2.45) is 0 Å². The Morgan fingerprint density at radius 3 is 2.78 bits per heavy atom. The Morgan fingerprint density at radius 2 is 2.04 bits per heavy atom. The SMILES string of the molecule is O=C1OC[C@H](c2ccccc2)N1[C@H]1CC(O)O[C@@]12CCCCO2. The molecule has 6 nitrogen and oxygen atoms in total. The van der Waals surface area contributed by atoms with Crippen molar-refractivity contribution >= 4 is 6.09 Å². The zero-order valence-electron chi connectivity index (χ0n) is 12.9. The first-order chi connectivity index (χ1) is 11.2. The first kappa shape index (κ1) is 14.9. The van der Waals surface area contributed by atoms with E-state index in [1.54, 1.807) is 4.90 Å². The van der Waals surface area contributed by atoms with Crippen molar-refractivity contribution in [3.05, 3.63) is 35.9 Å². The Labute approximate surface area is 134 Å². The molecule has 0 aliphatic carbocycles. The maximum absolute atomic E-state index is 12.4. The lowest BCUT2D eigenvalue weighted by atomic mass is 9.94. The monoisotopic (exact) mass is 319 g/mol. The van der Waals surface area contributed by atoms with Crippen LogP contribution in [0.1, 0.15) is 37.3 Å². The summed E-state index contributed by atoms with van der Waals surface area (Å²) in [7, 11) is 0. The minimum Gasteiger partial charge on any atom is -0.447 e. The van der Waals surface area contributed by atoms with Crippen LogP contribution in [0, 0.1) is 0 Å². The van der Waals surface area contributed by atoms with Crippen molar-refractivity contribution in [3.8, 4) is 0 Å². The molecular formula is C17H21NO5. The fourth-order valence-corrected chi connectivity index (χ4v) is 3.91. The second-order valence-electron chi connectivity index (χ2n) is 6.35. The standard InChI is InChI=1S/C17H21NO5/c19-15-10-14(17(23-15)8-4-5-9-22-17)18-13(11-21-16(18)20)12-6-2-1-3-7-12/h1-3,6-7,13-15,19H,4-5,8-11H2/t13-,14+,15?,17+/m1/s1. The Kier molecular flexibility index (Phi) is 3.75. The van der Waals surface area contributed by atoms with E-state index < -0.39 is 12.1 Å². The molecule has 1 spiro atoms. The average Bonchev–Trinajstić information content (AvgIpc) is 3.09. The highest BCUT2D eigenvalue weighted by molar-refractivity contribution is 5.71. The number of cyclic esters (lactones) is 1. The molecule has 4 rings (SSSR count). The minimum absolute atomic E-state index is 0.176. The first-order valence-electron chi connectivity index (χ1n) is 8.19. The van der Waals surface area contributed by atoms with Crippen LogP contribution < -0.4 is 0 Å². The van der Waals surface area contributed by atoms with Gasteiger partial charge >= 0.3 is 6.09 Å². The van der Waals surface area contributed by atoms with Gasteiger partial charge in [-0.3, -0.25) is 4.90 Å². The molecule has 3 saturated heterocycles. The number of aliphatic hydroxyl groups is 1. The Hall–Kier alpha value is -1.63. The van der Waals surface area contributed by atoms with E-state index in [-0.39, 0.29) is 18.2 Å². The van der Waals surface area contributed by atoms with E-state index in [0.29, 0.717) is 26.1 Å². The number of hydrogen-bond donors (Lipinski definition) is 1. The van der Waals surface area contributed by atoms with Crippen LogP contribution in [0.5, 0.6) is 0 Å². The molecule has 3 fully saturated rings. The lowest BCUT2D eigenvalue weighted by Crippen LogP contribution is -2.54. The van der Waals surface area contributed by atoms with Crippen LogP contribution in [0.15, 0.2) is 30.3 Å². The highest BCUT2D eigenvalue weighted by atomic mass is 16.8. The summed E-state index contributed by atoms with van der Waals surface area (Å²) in [5, 5.41) is 10.0. The van der Waals surface area contributed by atoms with Crippen molar-refractivity contribution in [1.29, 1.82) is 0 Å². The molecule has 1 amide bonds. The van der Waals surface area contributed by atoms with E-state index in [1.807, 2.05) is 30.3 Å². The van der Waals surface area contributed by atoms with E-state index >= 15 is 0 Å². The van der Waals surface area contributed by atoms with E-state index in [1.165, 1.54) is 0 Å². The molecule has 1 N–H and O–H groups in total. The number of aliphatic hydroxyl groups excluding tert-OH is 1. The summed E-state index contributed by atoms with van der Waals surface area (Å²) in [6, 6.07) is 9.30. The van der Waals surface area contributed by atoms with E-state index in [9.17, 15) is 9.90 Å². The highest BCUT2D eigenvalue weighted by Gasteiger charge is 2.57. The highest BCUT2D eigenvalue weighted by Crippen LogP contribution is 2.45. The van der Waals surface area contributed by atoms with Crippen molar-refractivity contribution in [3.63, 3.8) is 0 Å². The molecule has 3 aliphatic heterocycles. The summed E-state index contributed by atoms with van der Waals surface area (Å²) >= 11 is 0. The largest absolute Gasteiger partial charge is 0.447 e. The molecule has 23 heavy (non-hydrogen) atoms. The third-order valence-electron chi connectivity index (χ3n) is 4.97. The van der Waals surface area contributed by atoms with E-state index in [4.69, 9.17) is 14.2 Å². The molecule has 0 radical (unpaired) electrons. The van der Waals surface area contributed by atoms with Crippen LogP contribution in [0.4, 0.5) is 4.79 Å². The molecule has 1 aromatic rings. The fourth-order valence-electron chi connectivity index (χ4n) is 3.91. The van der Waals surface area contributed by atoms with Gasteiger partial charge in [-0.05, 0) is 18.4 Å². The summed E-state index contributed by atoms with van der Waals surface area (Å²) < 4.78 is 17.0. The number of ether oxygens (including phenoxy) is 3. The van der Waals surface area contributed by atoms with Crippen molar-refractivity contribution < 1.29 is 24.1 Å². The number of benzene rings is 1. The summed E-state index contributed by atoms with van der Waals surface area (Å²) in [6.07, 6.45) is 1.68. The third kappa shape index (κ3) is 2.51. The number of amides is 1. The average molecular weight is 319 g/mol. The van der Waals surface area contributed by atoms with Gasteiger partial charge < -0.3 is 19.3 Å². The second-order valence-corrected chi connectivity index (χ2v) is 6.35. The smallest absolute Gasteiger partial charge is 0.410 e. The maximum atomic E-state index is 12.4. The first-order valence-corrected chi connectivity index (χ1v) is 8.19. The molecule has 124 valence electrons. The molecule has 1 unspecified atom stereocenters.